The van der Waals surface area contributed by atoms with Crippen LogP contribution in [0.2, 0.25) is 0 Å². The average Bonchev–Trinajstić information content (AvgIpc) is 2.44. The molecular weight excluding hydrogens is 240 g/mol. The fraction of sp³-hybridized carbons (Fsp3) is 0.600. The van der Waals surface area contributed by atoms with Crippen molar-refractivity contribution in [2.24, 2.45) is 11.7 Å². The van der Waals surface area contributed by atoms with Gasteiger partial charge in [-0.1, -0.05) is 0 Å². The number of phenols is 1. The highest BCUT2D eigenvalue weighted by atomic mass is 16.5. The van der Waals surface area contributed by atoms with Crippen LogP contribution in [-0.4, -0.2) is 36.8 Å². The smallest absolute Gasteiger partial charge is 0.120 e. The number of piperidine rings is 1. The maximum absolute atomic E-state index is 9.90. The quantitative estimate of drug-likeness (QED) is 0.853. The third-order valence-corrected chi connectivity index (χ3v) is 3.96. The minimum atomic E-state index is 0.352. The fourth-order valence-electron chi connectivity index (χ4n) is 2.73. The Balaban J connectivity index is 1.91. The molecule has 0 aromatic heterocycles. The highest BCUT2D eigenvalue weighted by Crippen LogP contribution is 2.27. The fourth-order valence-corrected chi connectivity index (χ4v) is 2.73. The zero-order chi connectivity index (χ0) is 13.7. The maximum atomic E-state index is 9.90. The lowest BCUT2D eigenvalue weighted by atomic mass is 9.93. The van der Waals surface area contributed by atoms with Gasteiger partial charge in [0.1, 0.15) is 11.5 Å². The number of hydrogen-bond acceptors (Lipinski definition) is 4. The summed E-state index contributed by atoms with van der Waals surface area (Å²) >= 11 is 0. The molecule has 3 N–H and O–H groups in total. The number of benzene rings is 1. The molecule has 1 heterocycles. The summed E-state index contributed by atoms with van der Waals surface area (Å²) in [5.41, 5.74) is 6.55. The van der Waals surface area contributed by atoms with Gasteiger partial charge in [-0.3, -0.25) is 4.90 Å². The van der Waals surface area contributed by atoms with Gasteiger partial charge in [0.2, 0.25) is 0 Å². The van der Waals surface area contributed by atoms with E-state index in [1.54, 1.807) is 19.2 Å². The number of nitrogens with two attached hydrogens (primary N) is 1. The Labute approximate surface area is 115 Å². The Morgan fingerprint density at radius 3 is 2.74 bits per heavy atom. The zero-order valence-corrected chi connectivity index (χ0v) is 11.6. The molecule has 0 bridgehead atoms. The first-order valence-electron chi connectivity index (χ1n) is 7.01. The van der Waals surface area contributed by atoms with E-state index in [-0.39, 0.29) is 0 Å². The molecule has 0 radical (unpaired) electrons. The van der Waals surface area contributed by atoms with Crippen molar-refractivity contribution >= 4 is 0 Å². The average molecular weight is 264 g/mol. The highest BCUT2D eigenvalue weighted by Gasteiger charge is 2.19. The van der Waals surface area contributed by atoms with Gasteiger partial charge in [0.25, 0.3) is 0 Å². The number of methoxy groups -OCH3 is 1. The Morgan fingerprint density at radius 2 is 2.11 bits per heavy atom. The van der Waals surface area contributed by atoms with Gasteiger partial charge in [-0.15, -0.1) is 0 Å². The molecule has 0 amide bonds. The van der Waals surface area contributed by atoms with Crippen molar-refractivity contribution < 1.29 is 9.84 Å². The van der Waals surface area contributed by atoms with E-state index in [0.29, 0.717) is 5.75 Å². The molecule has 1 fully saturated rings. The van der Waals surface area contributed by atoms with Crippen molar-refractivity contribution in [1.29, 1.82) is 0 Å². The van der Waals surface area contributed by atoms with E-state index in [0.717, 1.165) is 49.8 Å². The van der Waals surface area contributed by atoms with Gasteiger partial charge in [0.05, 0.1) is 7.11 Å². The number of phenolic OH excluding ortho intramolecular Hbond substituents is 1. The van der Waals surface area contributed by atoms with Crippen molar-refractivity contribution in [3.63, 3.8) is 0 Å². The lowest BCUT2D eigenvalue weighted by molar-refractivity contribution is 0.172. The summed E-state index contributed by atoms with van der Waals surface area (Å²) in [5, 5.41) is 9.90. The summed E-state index contributed by atoms with van der Waals surface area (Å²) in [5.74, 6) is 1.93. The number of nitrogens with zero attached hydrogens (tertiary/aromatic N) is 1. The van der Waals surface area contributed by atoms with Crippen LogP contribution in [0.5, 0.6) is 11.5 Å². The number of hydrogen-bond donors (Lipinski definition) is 2. The first-order chi connectivity index (χ1) is 9.22. The van der Waals surface area contributed by atoms with Crippen LogP contribution in [0, 0.1) is 5.92 Å². The molecule has 1 aliphatic rings. The number of ether oxygens (including phenoxy) is 1. The molecule has 106 valence electrons. The van der Waals surface area contributed by atoms with Crippen molar-refractivity contribution in [3.05, 3.63) is 23.8 Å². The van der Waals surface area contributed by atoms with Crippen molar-refractivity contribution in [2.45, 2.75) is 25.8 Å². The van der Waals surface area contributed by atoms with Gasteiger partial charge in [-0.05, 0) is 63.0 Å². The highest BCUT2D eigenvalue weighted by molar-refractivity contribution is 5.39. The van der Waals surface area contributed by atoms with E-state index in [1.165, 1.54) is 12.8 Å². The Bertz CT molecular complexity index is 401. The molecular formula is C15H24N2O2. The molecule has 0 saturated carbocycles. The number of aromatic hydroxyl groups is 1. The molecule has 4 nitrogen and oxygen atoms in total. The predicted octanol–water partition coefficient (Wildman–Crippen LogP) is 1.96. The van der Waals surface area contributed by atoms with Crippen molar-refractivity contribution in [1.82, 2.24) is 4.90 Å². The summed E-state index contributed by atoms with van der Waals surface area (Å²) in [6.07, 6.45) is 3.56. The van der Waals surface area contributed by atoms with E-state index in [4.69, 9.17) is 10.5 Å². The zero-order valence-electron chi connectivity index (χ0n) is 11.6. The number of rotatable bonds is 5. The molecule has 1 aromatic rings. The third kappa shape index (κ3) is 3.85. The summed E-state index contributed by atoms with van der Waals surface area (Å²) in [4.78, 5) is 2.39. The number of likely N-dealkylation sites (tertiary alicyclic amines) is 1. The van der Waals surface area contributed by atoms with Crippen molar-refractivity contribution in [2.75, 3.05) is 26.7 Å². The van der Waals surface area contributed by atoms with Crippen LogP contribution in [0.25, 0.3) is 0 Å². The summed E-state index contributed by atoms with van der Waals surface area (Å²) < 4.78 is 5.20. The Hall–Kier alpha value is -1.26. The second-order valence-corrected chi connectivity index (χ2v) is 5.29. The standard InChI is InChI=1S/C15H24N2O2/c1-19-14-2-3-15(18)13(10-14)11-17-8-5-12(4-7-16)6-9-17/h2-3,10,12,18H,4-9,11,16H2,1H3. The van der Waals surface area contributed by atoms with Gasteiger partial charge >= 0.3 is 0 Å². The molecule has 1 saturated heterocycles. The molecule has 0 unspecified atom stereocenters. The van der Waals surface area contributed by atoms with Gasteiger partial charge in [-0.25, -0.2) is 0 Å². The molecule has 2 rings (SSSR count). The molecule has 1 aliphatic heterocycles. The van der Waals surface area contributed by atoms with E-state index in [9.17, 15) is 5.11 Å². The van der Waals surface area contributed by atoms with E-state index < -0.39 is 0 Å². The van der Waals surface area contributed by atoms with Crippen LogP contribution < -0.4 is 10.5 Å². The van der Waals surface area contributed by atoms with Crippen LogP contribution >= 0.6 is 0 Å². The van der Waals surface area contributed by atoms with Crippen LogP contribution in [0.4, 0.5) is 0 Å². The minimum Gasteiger partial charge on any atom is -0.508 e. The molecule has 1 aromatic carbocycles. The molecule has 0 aliphatic carbocycles. The largest absolute Gasteiger partial charge is 0.508 e. The van der Waals surface area contributed by atoms with Gasteiger partial charge < -0.3 is 15.6 Å². The summed E-state index contributed by atoms with van der Waals surface area (Å²) in [6.45, 7) is 3.75. The third-order valence-electron chi connectivity index (χ3n) is 3.96. The van der Waals surface area contributed by atoms with Gasteiger partial charge in [0, 0.05) is 12.1 Å². The van der Waals surface area contributed by atoms with Crippen LogP contribution in [0.3, 0.4) is 0 Å². The molecule has 0 atom stereocenters. The Morgan fingerprint density at radius 1 is 1.37 bits per heavy atom. The molecule has 0 spiro atoms. The van der Waals surface area contributed by atoms with E-state index >= 15 is 0 Å². The van der Waals surface area contributed by atoms with E-state index in [1.807, 2.05) is 6.07 Å². The minimum absolute atomic E-state index is 0.352. The van der Waals surface area contributed by atoms with Crippen LogP contribution in [0.1, 0.15) is 24.8 Å². The lowest BCUT2D eigenvalue weighted by Crippen LogP contribution is -2.33. The first-order valence-corrected chi connectivity index (χ1v) is 7.01. The second-order valence-electron chi connectivity index (χ2n) is 5.29. The van der Waals surface area contributed by atoms with Gasteiger partial charge in [0.15, 0.2) is 0 Å². The molecule has 19 heavy (non-hydrogen) atoms. The Kier molecular flexibility index (Phi) is 5.05. The predicted molar refractivity (Wildman–Crippen MR) is 76.3 cm³/mol. The van der Waals surface area contributed by atoms with Gasteiger partial charge in [-0.2, -0.15) is 0 Å². The van der Waals surface area contributed by atoms with Crippen LogP contribution in [-0.2, 0) is 6.54 Å². The first kappa shape index (κ1) is 14.2. The summed E-state index contributed by atoms with van der Waals surface area (Å²) in [6, 6.07) is 5.41. The molecule has 4 heteroatoms. The second kappa shape index (κ2) is 6.78. The topological polar surface area (TPSA) is 58.7 Å². The lowest BCUT2D eigenvalue weighted by Gasteiger charge is -2.32. The normalized spacial score (nSPS) is 17.6. The maximum Gasteiger partial charge on any atom is 0.120 e. The van der Waals surface area contributed by atoms with Crippen molar-refractivity contribution in [3.8, 4) is 11.5 Å². The van der Waals surface area contributed by atoms with Crippen LogP contribution in [0.15, 0.2) is 18.2 Å². The SMILES string of the molecule is COc1ccc(O)c(CN2CCC(CCN)CC2)c1. The van der Waals surface area contributed by atoms with E-state index in [2.05, 4.69) is 4.90 Å². The monoisotopic (exact) mass is 264 g/mol. The summed E-state index contributed by atoms with van der Waals surface area (Å²) in [7, 11) is 1.65.